The molecule has 8 nitrogen and oxygen atoms in total. The van der Waals surface area contributed by atoms with E-state index in [1.807, 2.05) is 0 Å². The normalized spacial score (nSPS) is 20.0. The number of nitrogens with zero attached hydrogens (tertiary/aromatic N) is 4. The Morgan fingerprint density at radius 3 is 2.88 bits per heavy atom. The van der Waals surface area contributed by atoms with Gasteiger partial charge in [-0.25, -0.2) is 0 Å². The maximum atomic E-state index is 12.9. The van der Waals surface area contributed by atoms with Crippen molar-refractivity contribution in [2.24, 2.45) is 0 Å². The first-order valence-electron chi connectivity index (χ1n) is 8.13. The van der Waals surface area contributed by atoms with Gasteiger partial charge in [-0.3, -0.25) is 14.9 Å². The lowest BCUT2D eigenvalue weighted by Crippen LogP contribution is -2.31. The Morgan fingerprint density at radius 2 is 2.16 bits per heavy atom. The van der Waals surface area contributed by atoms with Crippen molar-refractivity contribution < 1.29 is 14.2 Å². The van der Waals surface area contributed by atoms with E-state index in [2.05, 4.69) is 10.1 Å². The van der Waals surface area contributed by atoms with E-state index in [4.69, 9.17) is 16.1 Å². The number of aromatic nitrogens is 2. The average molecular weight is 363 g/mol. The highest BCUT2D eigenvalue weighted by Gasteiger charge is 2.38. The van der Waals surface area contributed by atoms with Crippen LogP contribution in [0.1, 0.15) is 59.7 Å². The van der Waals surface area contributed by atoms with E-state index in [0.29, 0.717) is 30.6 Å². The summed E-state index contributed by atoms with van der Waals surface area (Å²) in [5.41, 5.74) is -0.282. The first-order chi connectivity index (χ1) is 12.0. The highest BCUT2D eigenvalue weighted by molar-refractivity contribution is 6.31. The molecule has 9 heteroatoms. The lowest BCUT2D eigenvalue weighted by Gasteiger charge is -2.21. The van der Waals surface area contributed by atoms with Crippen molar-refractivity contribution in [3.8, 4) is 0 Å². The molecule has 4 rings (SSSR count). The molecule has 25 heavy (non-hydrogen) atoms. The van der Waals surface area contributed by atoms with Crippen LogP contribution in [0.2, 0.25) is 5.02 Å². The lowest BCUT2D eigenvalue weighted by molar-refractivity contribution is -0.385. The second-order valence-corrected chi connectivity index (χ2v) is 6.78. The van der Waals surface area contributed by atoms with Crippen LogP contribution in [0.25, 0.3) is 0 Å². The minimum atomic E-state index is -0.577. The first kappa shape index (κ1) is 16.0. The Morgan fingerprint density at radius 1 is 1.36 bits per heavy atom. The molecule has 1 saturated carbocycles. The molecule has 1 atom stereocenters. The second-order valence-electron chi connectivity index (χ2n) is 6.34. The SMILES string of the molecule is O=C(c1cc(Cl)ccc1[N+](=O)[O-])N1CCCC1c1nc(C2CC2)no1. The Labute approximate surface area is 147 Å². The topological polar surface area (TPSA) is 102 Å². The summed E-state index contributed by atoms with van der Waals surface area (Å²) in [7, 11) is 0. The van der Waals surface area contributed by atoms with Crippen LogP contribution in [-0.4, -0.2) is 32.4 Å². The fourth-order valence-corrected chi connectivity index (χ4v) is 3.32. The van der Waals surface area contributed by atoms with Crippen molar-refractivity contribution in [2.75, 3.05) is 6.54 Å². The number of likely N-dealkylation sites (tertiary alicyclic amines) is 1. The van der Waals surface area contributed by atoms with Gasteiger partial charge in [0, 0.05) is 23.6 Å². The molecule has 0 N–H and O–H groups in total. The molecule has 1 unspecified atom stereocenters. The fraction of sp³-hybridized carbons (Fsp3) is 0.438. The molecule has 130 valence electrons. The summed E-state index contributed by atoms with van der Waals surface area (Å²) in [6.07, 6.45) is 3.57. The molecule has 0 spiro atoms. The summed E-state index contributed by atoms with van der Waals surface area (Å²) in [5, 5.41) is 15.5. The largest absolute Gasteiger partial charge is 0.337 e. The zero-order valence-electron chi connectivity index (χ0n) is 13.2. The molecule has 1 aliphatic heterocycles. The van der Waals surface area contributed by atoms with E-state index in [1.165, 1.54) is 18.2 Å². The van der Waals surface area contributed by atoms with Crippen LogP contribution in [0, 0.1) is 10.1 Å². The number of benzene rings is 1. The van der Waals surface area contributed by atoms with Crippen LogP contribution in [0.15, 0.2) is 22.7 Å². The summed E-state index contributed by atoms with van der Waals surface area (Å²) in [4.78, 5) is 29.6. The lowest BCUT2D eigenvalue weighted by atomic mass is 10.1. The zero-order chi connectivity index (χ0) is 17.6. The number of rotatable bonds is 4. The number of hydrogen-bond acceptors (Lipinski definition) is 6. The molecule has 1 aliphatic carbocycles. The van der Waals surface area contributed by atoms with E-state index in [1.54, 1.807) is 4.90 Å². The molecule has 2 aliphatic rings. The average Bonchev–Trinajstić information content (AvgIpc) is 3.12. The molecule has 0 radical (unpaired) electrons. The van der Waals surface area contributed by atoms with Crippen molar-refractivity contribution in [1.82, 2.24) is 15.0 Å². The first-order valence-corrected chi connectivity index (χ1v) is 8.51. The third-order valence-electron chi connectivity index (χ3n) is 4.58. The minimum Gasteiger partial charge on any atom is -0.337 e. The minimum absolute atomic E-state index is 0.0219. The van der Waals surface area contributed by atoms with E-state index in [0.717, 1.165) is 19.3 Å². The van der Waals surface area contributed by atoms with E-state index >= 15 is 0 Å². The van der Waals surface area contributed by atoms with Crippen LogP contribution in [-0.2, 0) is 0 Å². The number of carbonyl (C=O) groups is 1. The van der Waals surface area contributed by atoms with Crippen LogP contribution in [0.5, 0.6) is 0 Å². The van der Waals surface area contributed by atoms with Gasteiger partial charge in [0.05, 0.1) is 4.92 Å². The maximum Gasteiger partial charge on any atom is 0.282 e. The highest BCUT2D eigenvalue weighted by atomic mass is 35.5. The number of amides is 1. The van der Waals surface area contributed by atoms with Crippen molar-refractivity contribution >= 4 is 23.2 Å². The van der Waals surface area contributed by atoms with Crippen molar-refractivity contribution in [3.05, 3.63) is 50.6 Å². The van der Waals surface area contributed by atoms with Crippen molar-refractivity contribution in [3.63, 3.8) is 0 Å². The monoisotopic (exact) mass is 362 g/mol. The summed E-state index contributed by atoms with van der Waals surface area (Å²) in [5.74, 6) is 1.00. The molecule has 2 heterocycles. The standard InChI is InChI=1S/C16H15ClN4O4/c17-10-5-6-12(21(23)24)11(8-10)16(22)20-7-1-2-13(20)15-18-14(19-25-15)9-3-4-9/h5-6,8-9,13H,1-4,7H2. The third-order valence-corrected chi connectivity index (χ3v) is 4.82. The Bertz CT molecular complexity index is 848. The number of nitro benzene ring substituents is 1. The molecule has 1 aromatic carbocycles. The number of hydrogen-bond donors (Lipinski definition) is 0. The van der Waals surface area contributed by atoms with E-state index in [-0.39, 0.29) is 22.3 Å². The summed E-state index contributed by atoms with van der Waals surface area (Å²) in [6.45, 7) is 0.480. The molecule has 0 bridgehead atoms. The van der Waals surface area contributed by atoms with Crippen molar-refractivity contribution in [1.29, 1.82) is 0 Å². The van der Waals surface area contributed by atoms with E-state index in [9.17, 15) is 14.9 Å². The van der Waals surface area contributed by atoms with Crippen LogP contribution in [0.3, 0.4) is 0 Å². The number of halogens is 1. The van der Waals surface area contributed by atoms with Gasteiger partial charge >= 0.3 is 0 Å². The maximum absolute atomic E-state index is 12.9. The predicted octanol–water partition coefficient (Wildman–Crippen LogP) is 3.49. The van der Waals surface area contributed by atoms with Crippen LogP contribution in [0.4, 0.5) is 5.69 Å². The second kappa shape index (κ2) is 6.11. The quantitative estimate of drug-likeness (QED) is 0.609. The Balaban J connectivity index is 1.64. The van der Waals surface area contributed by atoms with E-state index < -0.39 is 10.8 Å². The van der Waals surface area contributed by atoms with Gasteiger partial charge in [0.1, 0.15) is 11.6 Å². The predicted molar refractivity (Wildman–Crippen MR) is 87.4 cm³/mol. The van der Waals surface area contributed by atoms with Crippen LogP contribution >= 0.6 is 11.6 Å². The molecule has 1 amide bonds. The molecule has 2 fully saturated rings. The molecular formula is C16H15ClN4O4. The van der Waals surface area contributed by atoms with Gasteiger partial charge in [-0.2, -0.15) is 4.98 Å². The number of carbonyl (C=O) groups excluding carboxylic acids is 1. The third kappa shape index (κ3) is 2.97. The smallest absolute Gasteiger partial charge is 0.282 e. The van der Waals surface area contributed by atoms with Crippen molar-refractivity contribution in [2.45, 2.75) is 37.6 Å². The van der Waals surface area contributed by atoms with Gasteiger partial charge < -0.3 is 9.42 Å². The zero-order valence-corrected chi connectivity index (χ0v) is 14.0. The molecule has 1 aromatic heterocycles. The van der Waals surface area contributed by atoms with Crippen LogP contribution < -0.4 is 0 Å². The Hall–Kier alpha value is -2.48. The highest BCUT2D eigenvalue weighted by Crippen LogP contribution is 2.40. The molecular weight excluding hydrogens is 348 g/mol. The summed E-state index contributed by atoms with van der Waals surface area (Å²) in [6, 6.07) is 3.63. The summed E-state index contributed by atoms with van der Waals surface area (Å²) >= 11 is 5.94. The molecule has 1 saturated heterocycles. The molecule has 2 aromatic rings. The number of nitro groups is 1. The van der Waals surface area contributed by atoms with Gasteiger partial charge in [-0.05, 0) is 37.8 Å². The fourth-order valence-electron chi connectivity index (χ4n) is 3.15. The van der Waals surface area contributed by atoms with Gasteiger partial charge in [0.15, 0.2) is 5.82 Å². The van der Waals surface area contributed by atoms with Gasteiger partial charge in [-0.1, -0.05) is 16.8 Å². The van der Waals surface area contributed by atoms with Gasteiger partial charge in [0.2, 0.25) is 5.89 Å². The Kier molecular flexibility index (Phi) is 3.91. The van der Waals surface area contributed by atoms with Gasteiger partial charge in [0.25, 0.3) is 11.6 Å². The summed E-state index contributed by atoms with van der Waals surface area (Å²) < 4.78 is 5.35. The van der Waals surface area contributed by atoms with Gasteiger partial charge in [-0.15, -0.1) is 0 Å².